The number of hydrogen-bond donors (Lipinski definition) is 0. The Kier molecular flexibility index (Phi) is 3.74. The van der Waals surface area contributed by atoms with Gasteiger partial charge in [0.2, 0.25) is 0 Å². The third-order valence-corrected chi connectivity index (χ3v) is 5.37. The normalized spacial score (nSPS) is 12.0. The molecular formula is C21H18S. The molecule has 0 aromatic heterocycles. The van der Waals surface area contributed by atoms with Crippen LogP contribution in [0, 0.1) is 0 Å². The van der Waals surface area contributed by atoms with E-state index in [-0.39, 0.29) is 0 Å². The van der Waals surface area contributed by atoms with Gasteiger partial charge in [0.25, 0.3) is 0 Å². The molecule has 0 heterocycles. The molecule has 0 saturated heterocycles. The van der Waals surface area contributed by atoms with Crippen LogP contribution >= 0.6 is 11.8 Å². The van der Waals surface area contributed by atoms with Crippen molar-refractivity contribution in [2.24, 2.45) is 0 Å². The number of rotatable bonds is 4. The van der Waals surface area contributed by atoms with Gasteiger partial charge in [0.15, 0.2) is 0 Å². The van der Waals surface area contributed by atoms with Crippen LogP contribution in [0.25, 0.3) is 11.1 Å². The predicted molar refractivity (Wildman–Crippen MR) is 96.1 cm³/mol. The summed E-state index contributed by atoms with van der Waals surface area (Å²) in [7, 11) is 0. The summed E-state index contributed by atoms with van der Waals surface area (Å²) in [4.78, 5) is 0. The van der Waals surface area contributed by atoms with Crippen LogP contribution < -0.4 is 0 Å². The van der Waals surface area contributed by atoms with Crippen molar-refractivity contribution < 1.29 is 0 Å². The number of thioether (sulfide) groups is 1. The fraction of sp³-hybridized carbons (Fsp3) is 0.143. The van der Waals surface area contributed by atoms with Gasteiger partial charge < -0.3 is 0 Å². The van der Waals surface area contributed by atoms with Gasteiger partial charge >= 0.3 is 0 Å². The molecule has 0 aliphatic heterocycles. The van der Waals surface area contributed by atoms with Gasteiger partial charge in [0, 0.05) is 11.5 Å². The highest BCUT2D eigenvalue weighted by Crippen LogP contribution is 2.39. The van der Waals surface area contributed by atoms with Crippen LogP contribution in [0.5, 0.6) is 0 Å². The maximum absolute atomic E-state index is 2.29. The molecule has 0 fully saturated rings. The monoisotopic (exact) mass is 302 g/mol. The third-order valence-electron chi connectivity index (χ3n) is 4.32. The van der Waals surface area contributed by atoms with Crippen molar-refractivity contribution in [2.75, 3.05) is 0 Å². The first-order chi connectivity index (χ1) is 10.9. The van der Waals surface area contributed by atoms with Crippen LogP contribution in [0.15, 0.2) is 72.8 Å². The average Bonchev–Trinajstić information content (AvgIpc) is 2.96. The van der Waals surface area contributed by atoms with Gasteiger partial charge in [0.05, 0.1) is 0 Å². The summed E-state index contributed by atoms with van der Waals surface area (Å²) in [5, 5.41) is 0. The van der Waals surface area contributed by atoms with Gasteiger partial charge in [-0.1, -0.05) is 72.8 Å². The molecule has 0 nitrogen and oxygen atoms in total. The summed E-state index contributed by atoms with van der Waals surface area (Å²) in [5.41, 5.74) is 8.76. The first-order valence-electron chi connectivity index (χ1n) is 7.72. The lowest BCUT2D eigenvalue weighted by molar-refractivity contribution is 1.20. The highest BCUT2D eigenvalue weighted by Gasteiger charge is 2.19. The van der Waals surface area contributed by atoms with Gasteiger partial charge in [0.1, 0.15) is 0 Å². The van der Waals surface area contributed by atoms with E-state index in [0.717, 1.165) is 17.9 Å². The lowest BCUT2D eigenvalue weighted by Gasteiger charge is -2.08. The largest absolute Gasteiger partial charge is 0.152 e. The van der Waals surface area contributed by atoms with E-state index in [1.165, 1.54) is 33.4 Å². The van der Waals surface area contributed by atoms with Crippen LogP contribution in [-0.4, -0.2) is 0 Å². The molecule has 0 atom stereocenters. The van der Waals surface area contributed by atoms with E-state index in [0.29, 0.717) is 0 Å². The predicted octanol–water partition coefficient (Wildman–Crippen LogP) is 5.69. The summed E-state index contributed by atoms with van der Waals surface area (Å²) in [6.07, 6.45) is 1.09. The molecule has 1 aliphatic rings. The molecule has 4 rings (SSSR count). The fourth-order valence-electron chi connectivity index (χ4n) is 3.21. The van der Waals surface area contributed by atoms with E-state index in [1.54, 1.807) is 0 Å². The smallest absolute Gasteiger partial charge is 0.0190 e. The van der Waals surface area contributed by atoms with Crippen molar-refractivity contribution in [3.8, 4) is 11.1 Å². The molecule has 0 bridgehead atoms. The number of hydrogen-bond acceptors (Lipinski definition) is 1. The Hall–Kier alpha value is -1.99. The van der Waals surface area contributed by atoms with Gasteiger partial charge in [-0.3, -0.25) is 0 Å². The zero-order chi connectivity index (χ0) is 14.8. The Balaban J connectivity index is 1.53. The first-order valence-corrected chi connectivity index (χ1v) is 8.88. The van der Waals surface area contributed by atoms with Crippen molar-refractivity contribution in [2.45, 2.75) is 17.9 Å². The molecule has 0 spiro atoms. The van der Waals surface area contributed by atoms with Crippen molar-refractivity contribution in [1.29, 1.82) is 0 Å². The van der Waals surface area contributed by atoms with Crippen molar-refractivity contribution >= 4 is 11.8 Å². The molecule has 0 amide bonds. The minimum Gasteiger partial charge on any atom is -0.152 e. The summed E-state index contributed by atoms with van der Waals surface area (Å²) < 4.78 is 0. The van der Waals surface area contributed by atoms with Crippen LogP contribution in [-0.2, 0) is 17.9 Å². The van der Waals surface area contributed by atoms with Gasteiger partial charge in [-0.25, -0.2) is 0 Å². The number of fused-ring (bicyclic) bond motifs is 3. The average molecular weight is 302 g/mol. The van der Waals surface area contributed by atoms with Crippen LogP contribution in [0.4, 0.5) is 0 Å². The lowest BCUT2D eigenvalue weighted by atomic mass is 10.0. The molecule has 3 aromatic carbocycles. The van der Waals surface area contributed by atoms with Crippen molar-refractivity contribution in [3.05, 3.63) is 95.1 Å². The zero-order valence-electron chi connectivity index (χ0n) is 12.5. The van der Waals surface area contributed by atoms with E-state index >= 15 is 0 Å². The molecule has 1 heteroatoms. The minimum absolute atomic E-state index is 1.08. The zero-order valence-corrected chi connectivity index (χ0v) is 13.3. The van der Waals surface area contributed by atoms with E-state index in [2.05, 4.69) is 72.8 Å². The molecule has 22 heavy (non-hydrogen) atoms. The lowest BCUT2D eigenvalue weighted by Crippen LogP contribution is -1.91. The van der Waals surface area contributed by atoms with E-state index in [9.17, 15) is 0 Å². The van der Waals surface area contributed by atoms with E-state index in [4.69, 9.17) is 0 Å². The second-order valence-electron chi connectivity index (χ2n) is 5.76. The second-order valence-corrected chi connectivity index (χ2v) is 6.74. The highest BCUT2D eigenvalue weighted by atomic mass is 32.2. The second kappa shape index (κ2) is 6.02. The standard InChI is InChI=1S/C21H18S/c1-2-7-16(8-3-1)14-22-15-18-10-6-12-20-19-11-5-4-9-17(19)13-21(18)20/h1-12H,13-15H2. The van der Waals surface area contributed by atoms with Gasteiger partial charge in [-0.2, -0.15) is 11.8 Å². The molecule has 1 aliphatic carbocycles. The maximum atomic E-state index is 2.29. The Morgan fingerprint density at radius 2 is 1.45 bits per heavy atom. The minimum atomic E-state index is 1.08. The summed E-state index contributed by atoms with van der Waals surface area (Å²) in [6.45, 7) is 0. The van der Waals surface area contributed by atoms with E-state index in [1.807, 2.05) is 11.8 Å². The summed E-state index contributed by atoms with van der Waals surface area (Å²) in [5.74, 6) is 2.17. The Bertz CT molecular complexity index is 790. The summed E-state index contributed by atoms with van der Waals surface area (Å²) >= 11 is 2.00. The first kappa shape index (κ1) is 13.7. The quantitative estimate of drug-likeness (QED) is 0.466. The van der Waals surface area contributed by atoms with Crippen molar-refractivity contribution in [1.82, 2.24) is 0 Å². The SMILES string of the molecule is c1ccc(CSCc2cccc3c2Cc2ccccc2-3)cc1. The van der Waals surface area contributed by atoms with Gasteiger partial charge in [-0.05, 0) is 39.8 Å². The molecule has 0 N–H and O–H groups in total. The Labute approximate surface area is 136 Å². The Morgan fingerprint density at radius 1 is 0.682 bits per heavy atom. The molecule has 0 unspecified atom stereocenters. The van der Waals surface area contributed by atoms with Gasteiger partial charge in [-0.15, -0.1) is 0 Å². The van der Waals surface area contributed by atoms with Crippen molar-refractivity contribution in [3.63, 3.8) is 0 Å². The third kappa shape index (κ3) is 2.57. The molecule has 0 saturated carbocycles. The highest BCUT2D eigenvalue weighted by molar-refractivity contribution is 7.97. The molecule has 3 aromatic rings. The molecule has 0 radical (unpaired) electrons. The van der Waals surface area contributed by atoms with Crippen LogP contribution in [0.2, 0.25) is 0 Å². The molecular weight excluding hydrogens is 284 g/mol. The number of benzene rings is 3. The topological polar surface area (TPSA) is 0 Å². The molecule has 108 valence electrons. The van der Waals surface area contributed by atoms with E-state index < -0.39 is 0 Å². The van der Waals surface area contributed by atoms with Crippen LogP contribution in [0.3, 0.4) is 0 Å². The fourth-order valence-corrected chi connectivity index (χ4v) is 4.23. The Morgan fingerprint density at radius 3 is 2.36 bits per heavy atom. The summed E-state index contributed by atoms with van der Waals surface area (Å²) in [6, 6.07) is 26.3. The maximum Gasteiger partial charge on any atom is 0.0190 e. The van der Waals surface area contributed by atoms with Crippen LogP contribution in [0.1, 0.15) is 22.3 Å².